The first-order valence-corrected chi connectivity index (χ1v) is 6.23. The lowest BCUT2D eigenvalue weighted by Crippen LogP contribution is -2.35. The van der Waals surface area contributed by atoms with Gasteiger partial charge >= 0.3 is 5.97 Å². The third-order valence-corrected chi connectivity index (χ3v) is 3.06. The van der Waals surface area contributed by atoms with E-state index in [0.717, 1.165) is 16.9 Å². The van der Waals surface area contributed by atoms with Crippen LogP contribution in [0.15, 0.2) is 54.6 Å². The molecule has 0 amide bonds. The zero-order valence-electron chi connectivity index (χ0n) is 11.1. The number of aryl methyl sites for hydroxylation is 1. The predicted molar refractivity (Wildman–Crippen MR) is 76.9 cm³/mol. The first kappa shape index (κ1) is 13.1. The fourth-order valence-electron chi connectivity index (χ4n) is 2.07. The molecule has 19 heavy (non-hydrogen) atoms. The number of anilines is 2. The van der Waals surface area contributed by atoms with Crippen molar-refractivity contribution in [1.82, 2.24) is 0 Å². The van der Waals surface area contributed by atoms with E-state index in [0.29, 0.717) is 0 Å². The average Bonchev–Trinajstić information content (AvgIpc) is 2.40. The van der Waals surface area contributed by atoms with Gasteiger partial charge in [-0.2, -0.15) is 0 Å². The fraction of sp³-hybridized carbons (Fsp3) is 0.188. The molecule has 0 fully saturated rings. The Morgan fingerprint density at radius 3 is 2.26 bits per heavy atom. The van der Waals surface area contributed by atoms with E-state index in [1.165, 1.54) is 0 Å². The second-order valence-corrected chi connectivity index (χ2v) is 4.56. The van der Waals surface area contributed by atoms with Gasteiger partial charge in [0.2, 0.25) is 0 Å². The van der Waals surface area contributed by atoms with Gasteiger partial charge in [0.1, 0.15) is 6.04 Å². The summed E-state index contributed by atoms with van der Waals surface area (Å²) in [4.78, 5) is 13.2. The first-order valence-electron chi connectivity index (χ1n) is 6.23. The van der Waals surface area contributed by atoms with E-state index in [2.05, 4.69) is 0 Å². The lowest BCUT2D eigenvalue weighted by atomic mass is 10.1. The van der Waals surface area contributed by atoms with Crippen molar-refractivity contribution < 1.29 is 9.90 Å². The molecule has 2 aromatic rings. The van der Waals surface area contributed by atoms with Crippen molar-refractivity contribution in [3.63, 3.8) is 0 Å². The van der Waals surface area contributed by atoms with Gasteiger partial charge in [-0.05, 0) is 43.7 Å². The second kappa shape index (κ2) is 5.57. The Hall–Kier alpha value is -2.29. The molecule has 1 unspecified atom stereocenters. The number of nitrogens with zero attached hydrogens (tertiary/aromatic N) is 1. The molecule has 3 nitrogen and oxygen atoms in total. The summed E-state index contributed by atoms with van der Waals surface area (Å²) in [6.45, 7) is 3.69. The van der Waals surface area contributed by atoms with Crippen LogP contribution in [0.5, 0.6) is 0 Å². The van der Waals surface area contributed by atoms with Crippen LogP contribution in [0.2, 0.25) is 0 Å². The highest BCUT2D eigenvalue weighted by Crippen LogP contribution is 2.28. The van der Waals surface area contributed by atoms with E-state index < -0.39 is 12.0 Å². The van der Waals surface area contributed by atoms with Crippen molar-refractivity contribution >= 4 is 17.3 Å². The summed E-state index contributed by atoms with van der Waals surface area (Å²) in [6.07, 6.45) is 0. The van der Waals surface area contributed by atoms with Crippen molar-refractivity contribution in [1.29, 1.82) is 0 Å². The largest absolute Gasteiger partial charge is 0.480 e. The van der Waals surface area contributed by atoms with Crippen LogP contribution in [0, 0.1) is 6.92 Å². The van der Waals surface area contributed by atoms with Crippen LogP contribution in [0.25, 0.3) is 0 Å². The number of rotatable bonds is 4. The third-order valence-electron chi connectivity index (χ3n) is 3.06. The molecule has 1 atom stereocenters. The summed E-state index contributed by atoms with van der Waals surface area (Å²) >= 11 is 0. The van der Waals surface area contributed by atoms with E-state index in [1.54, 1.807) is 6.92 Å². The molecule has 0 aromatic heterocycles. The van der Waals surface area contributed by atoms with Gasteiger partial charge in [-0.15, -0.1) is 0 Å². The van der Waals surface area contributed by atoms with Crippen molar-refractivity contribution in [2.75, 3.05) is 4.90 Å². The maximum absolute atomic E-state index is 11.3. The number of para-hydroxylation sites is 1. The molecule has 0 spiro atoms. The summed E-state index contributed by atoms with van der Waals surface area (Å²) in [7, 11) is 0. The Morgan fingerprint density at radius 1 is 1.05 bits per heavy atom. The molecule has 0 saturated heterocycles. The minimum atomic E-state index is -0.842. The molecule has 2 aromatic carbocycles. The Morgan fingerprint density at radius 2 is 1.68 bits per heavy atom. The highest BCUT2D eigenvalue weighted by atomic mass is 16.4. The minimum Gasteiger partial charge on any atom is -0.480 e. The van der Waals surface area contributed by atoms with Crippen molar-refractivity contribution in [2.24, 2.45) is 0 Å². The van der Waals surface area contributed by atoms with Gasteiger partial charge < -0.3 is 10.0 Å². The molecule has 3 heteroatoms. The maximum atomic E-state index is 11.3. The second-order valence-electron chi connectivity index (χ2n) is 4.56. The van der Waals surface area contributed by atoms with Gasteiger partial charge in [0.05, 0.1) is 0 Å². The smallest absolute Gasteiger partial charge is 0.326 e. The van der Waals surface area contributed by atoms with E-state index in [1.807, 2.05) is 66.4 Å². The van der Waals surface area contributed by atoms with Crippen LogP contribution in [0.4, 0.5) is 11.4 Å². The Labute approximate surface area is 113 Å². The van der Waals surface area contributed by atoms with Crippen molar-refractivity contribution in [2.45, 2.75) is 19.9 Å². The van der Waals surface area contributed by atoms with E-state index in [4.69, 9.17) is 0 Å². The zero-order valence-corrected chi connectivity index (χ0v) is 11.1. The molecular weight excluding hydrogens is 238 g/mol. The van der Waals surface area contributed by atoms with E-state index in [9.17, 15) is 9.90 Å². The predicted octanol–water partition coefficient (Wildman–Crippen LogP) is 3.61. The summed E-state index contributed by atoms with van der Waals surface area (Å²) in [5.41, 5.74) is 2.88. The topological polar surface area (TPSA) is 40.5 Å². The number of hydrogen-bond acceptors (Lipinski definition) is 2. The number of carbonyl (C=O) groups is 1. The highest BCUT2D eigenvalue weighted by Gasteiger charge is 2.22. The number of hydrogen-bond donors (Lipinski definition) is 1. The molecule has 1 N–H and O–H groups in total. The Kier molecular flexibility index (Phi) is 3.85. The molecule has 0 radical (unpaired) electrons. The van der Waals surface area contributed by atoms with Crippen LogP contribution >= 0.6 is 0 Å². The van der Waals surface area contributed by atoms with Crippen molar-refractivity contribution in [3.8, 4) is 0 Å². The summed E-state index contributed by atoms with van der Waals surface area (Å²) in [5.74, 6) is -0.842. The molecule has 0 aliphatic carbocycles. The minimum absolute atomic E-state index is 0.621. The lowest BCUT2D eigenvalue weighted by molar-refractivity contribution is -0.137. The van der Waals surface area contributed by atoms with Gasteiger partial charge in [0.25, 0.3) is 0 Å². The number of carboxylic acid groups (broad SMARTS) is 1. The molecular formula is C16H17NO2. The molecule has 0 heterocycles. The molecule has 0 bridgehead atoms. The highest BCUT2D eigenvalue weighted by molar-refractivity contribution is 5.82. The Bertz CT molecular complexity index is 566. The Balaban J connectivity index is 2.49. The van der Waals surface area contributed by atoms with Gasteiger partial charge in [-0.25, -0.2) is 4.79 Å². The zero-order chi connectivity index (χ0) is 13.8. The maximum Gasteiger partial charge on any atom is 0.326 e. The van der Waals surface area contributed by atoms with E-state index >= 15 is 0 Å². The van der Waals surface area contributed by atoms with Crippen LogP contribution < -0.4 is 4.90 Å². The molecule has 0 aliphatic rings. The standard InChI is InChI=1S/C16H17NO2/c1-12-7-6-10-15(11-12)17(13(2)16(18)19)14-8-4-3-5-9-14/h3-11,13H,1-2H3,(H,18,19). The molecule has 2 rings (SSSR count). The molecule has 0 saturated carbocycles. The van der Waals surface area contributed by atoms with E-state index in [-0.39, 0.29) is 0 Å². The number of carboxylic acids is 1. The van der Waals surface area contributed by atoms with Gasteiger partial charge in [-0.3, -0.25) is 0 Å². The summed E-state index contributed by atoms with van der Waals surface area (Å²) in [6, 6.07) is 16.8. The normalized spacial score (nSPS) is 11.9. The monoisotopic (exact) mass is 255 g/mol. The first-order chi connectivity index (χ1) is 9.09. The molecule has 0 aliphatic heterocycles. The van der Waals surface area contributed by atoms with Gasteiger partial charge in [0, 0.05) is 11.4 Å². The summed E-state index contributed by atoms with van der Waals surface area (Å²) < 4.78 is 0. The van der Waals surface area contributed by atoms with Crippen LogP contribution in [0.1, 0.15) is 12.5 Å². The van der Waals surface area contributed by atoms with Crippen molar-refractivity contribution in [3.05, 3.63) is 60.2 Å². The SMILES string of the molecule is Cc1cccc(N(c2ccccc2)C(C)C(=O)O)c1. The quantitative estimate of drug-likeness (QED) is 0.907. The average molecular weight is 255 g/mol. The lowest BCUT2D eigenvalue weighted by Gasteiger charge is -2.29. The summed E-state index contributed by atoms with van der Waals surface area (Å²) in [5, 5.41) is 9.30. The molecule has 98 valence electrons. The van der Waals surface area contributed by atoms with Gasteiger partial charge in [0.15, 0.2) is 0 Å². The van der Waals surface area contributed by atoms with Crippen LogP contribution in [-0.2, 0) is 4.79 Å². The fourth-order valence-corrected chi connectivity index (χ4v) is 2.07. The number of aliphatic carboxylic acids is 1. The number of benzene rings is 2. The third kappa shape index (κ3) is 2.94. The van der Waals surface area contributed by atoms with Crippen LogP contribution in [0.3, 0.4) is 0 Å². The van der Waals surface area contributed by atoms with Gasteiger partial charge in [-0.1, -0.05) is 30.3 Å². The van der Waals surface area contributed by atoms with Crippen LogP contribution in [-0.4, -0.2) is 17.1 Å².